The SMILES string of the molecule is C[C@]12c3ccc4c(sc5ccccc54)c3N(c3ccccc3)c3cccc(c31)-c1c2c2ccccc2c2c1oc1cccc(-c3cccc4c3sc3ccccc34)c12. The van der Waals surface area contributed by atoms with Crippen LogP contribution in [0.1, 0.15) is 23.6 Å². The number of hydrogen-bond donors (Lipinski definition) is 0. The van der Waals surface area contributed by atoms with Crippen molar-refractivity contribution in [1.29, 1.82) is 0 Å². The van der Waals surface area contributed by atoms with Gasteiger partial charge in [0.15, 0.2) is 0 Å². The minimum atomic E-state index is -0.454. The second-order valence-electron chi connectivity index (χ2n) is 16.0. The predicted molar refractivity (Wildman–Crippen MR) is 248 cm³/mol. The van der Waals surface area contributed by atoms with Crippen LogP contribution in [0.25, 0.3) is 95.3 Å². The maximum Gasteiger partial charge on any atom is 0.144 e. The molecule has 14 rings (SSSR count). The van der Waals surface area contributed by atoms with Crippen LogP contribution in [0.3, 0.4) is 0 Å². The van der Waals surface area contributed by atoms with Crippen molar-refractivity contribution in [2.45, 2.75) is 12.3 Å². The lowest BCUT2D eigenvalue weighted by Gasteiger charge is -2.42. The average molecular weight is 774 g/mol. The van der Waals surface area contributed by atoms with Gasteiger partial charge in [-0.3, -0.25) is 0 Å². The topological polar surface area (TPSA) is 16.4 Å². The van der Waals surface area contributed by atoms with Gasteiger partial charge in [-0.15, -0.1) is 22.7 Å². The summed E-state index contributed by atoms with van der Waals surface area (Å²) in [7, 11) is 0. The van der Waals surface area contributed by atoms with Gasteiger partial charge in [0.1, 0.15) is 11.2 Å². The molecular weight excluding hydrogens is 743 g/mol. The maximum atomic E-state index is 7.29. The standard InChI is InChI=1S/C54H31NOS2/c1-54-40-29-28-38-32-17-8-10-27-44(32)58-53(38)50(40)55(30-14-3-2-4-15-30)41-24-12-23-39(48(41)54)47-49(54)35-19-6-5-18-33(35)46-45-34(20-13-25-42(45)56-51(46)47)37-22-11-21-36-31-16-7-9-26-43(31)57-52(36)37/h2-29H,1H3/t54-/m0/s1. The van der Waals surface area contributed by atoms with Crippen LogP contribution in [0.5, 0.6) is 0 Å². The largest absolute Gasteiger partial charge is 0.455 e. The highest BCUT2D eigenvalue weighted by molar-refractivity contribution is 7.26. The van der Waals surface area contributed by atoms with Crippen molar-refractivity contribution in [1.82, 2.24) is 0 Å². The Hall–Kier alpha value is -6.72. The molecule has 0 radical (unpaired) electrons. The molecular formula is C54H31NOS2. The van der Waals surface area contributed by atoms with Crippen LogP contribution < -0.4 is 4.90 Å². The van der Waals surface area contributed by atoms with Crippen molar-refractivity contribution in [2.24, 2.45) is 0 Å². The van der Waals surface area contributed by atoms with E-state index in [1.807, 2.05) is 22.7 Å². The average Bonchev–Trinajstić information content (AvgIpc) is 4.03. The third-order valence-electron chi connectivity index (χ3n) is 13.2. The van der Waals surface area contributed by atoms with Crippen molar-refractivity contribution in [3.8, 4) is 22.3 Å². The minimum absolute atomic E-state index is 0.454. The Labute approximate surface area is 341 Å². The van der Waals surface area contributed by atoms with Crippen LogP contribution in [0.15, 0.2) is 174 Å². The summed E-state index contributed by atoms with van der Waals surface area (Å²) >= 11 is 3.79. The summed E-state index contributed by atoms with van der Waals surface area (Å²) in [6, 6.07) is 62.9. The molecule has 270 valence electrons. The van der Waals surface area contributed by atoms with Gasteiger partial charge in [0.2, 0.25) is 0 Å². The number of thiophene rings is 2. The van der Waals surface area contributed by atoms with Crippen LogP contribution in [-0.2, 0) is 5.41 Å². The molecule has 0 unspecified atom stereocenters. The molecule has 4 heteroatoms. The number of furan rings is 1. The van der Waals surface area contributed by atoms with Crippen LogP contribution in [-0.4, -0.2) is 0 Å². The zero-order valence-electron chi connectivity index (χ0n) is 31.3. The van der Waals surface area contributed by atoms with E-state index in [2.05, 4.69) is 182 Å². The Morgan fingerprint density at radius 1 is 0.466 bits per heavy atom. The third kappa shape index (κ3) is 3.74. The van der Waals surface area contributed by atoms with Gasteiger partial charge in [0.05, 0.1) is 16.1 Å². The number of rotatable bonds is 2. The van der Waals surface area contributed by atoms with Crippen LogP contribution in [0.2, 0.25) is 0 Å². The van der Waals surface area contributed by atoms with E-state index in [9.17, 15) is 0 Å². The Balaban J connectivity index is 1.15. The molecule has 3 aromatic heterocycles. The second kappa shape index (κ2) is 11.0. The highest BCUT2D eigenvalue weighted by Crippen LogP contribution is 2.67. The summed E-state index contributed by atoms with van der Waals surface area (Å²) in [5.74, 6) is 0. The van der Waals surface area contributed by atoms with E-state index in [-0.39, 0.29) is 0 Å². The van der Waals surface area contributed by atoms with Gasteiger partial charge in [-0.1, -0.05) is 133 Å². The molecule has 0 saturated heterocycles. The summed E-state index contributed by atoms with van der Waals surface area (Å²) in [6.07, 6.45) is 0. The van der Waals surface area contributed by atoms with Gasteiger partial charge in [0, 0.05) is 68.6 Å². The number of benzene rings is 9. The van der Waals surface area contributed by atoms with Crippen molar-refractivity contribution in [2.75, 3.05) is 4.90 Å². The van der Waals surface area contributed by atoms with Gasteiger partial charge < -0.3 is 9.32 Å². The molecule has 9 aromatic carbocycles. The minimum Gasteiger partial charge on any atom is -0.455 e. The van der Waals surface area contributed by atoms with E-state index in [1.54, 1.807) is 0 Å². The monoisotopic (exact) mass is 773 g/mol. The molecule has 1 atom stereocenters. The van der Waals surface area contributed by atoms with Gasteiger partial charge >= 0.3 is 0 Å². The quantitative estimate of drug-likeness (QED) is 0.174. The highest BCUT2D eigenvalue weighted by atomic mass is 32.1. The fraction of sp³-hybridized carbons (Fsp3) is 0.0370. The molecule has 1 aliphatic carbocycles. The first-order valence-corrected chi connectivity index (χ1v) is 21.6. The van der Waals surface area contributed by atoms with Crippen molar-refractivity contribution in [3.05, 3.63) is 187 Å². The molecule has 0 N–H and O–H groups in total. The highest BCUT2D eigenvalue weighted by Gasteiger charge is 2.51. The molecule has 0 saturated carbocycles. The smallest absolute Gasteiger partial charge is 0.144 e. The first kappa shape index (κ1) is 31.4. The Morgan fingerprint density at radius 3 is 1.90 bits per heavy atom. The fourth-order valence-electron chi connectivity index (χ4n) is 10.9. The molecule has 0 fully saturated rings. The lowest BCUT2D eigenvalue weighted by molar-refractivity contribution is 0.668. The Kier molecular flexibility index (Phi) is 5.96. The van der Waals surface area contributed by atoms with Gasteiger partial charge in [0.25, 0.3) is 0 Å². The molecule has 12 aromatic rings. The van der Waals surface area contributed by atoms with E-state index in [1.165, 1.54) is 118 Å². The summed E-state index contributed by atoms with van der Waals surface area (Å²) in [5.41, 5.74) is 14.0. The number of nitrogens with zero attached hydrogens (tertiary/aromatic N) is 1. The number of hydrogen-bond acceptors (Lipinski definition) is 4. The predicted octanol–water partition coefficient (Wildman–Crippen LogP) is 16.3. The normalized spacial score (nSPS) is 15.7. The molecule has 1 aliphatic heterocycles. The van der Waals surface area contributed by atoms with Gasteiger partial charge in [-0.25, -0.2) is 0 Å². The summed E-state index contributed by atoms with van der Waals surface area (Å²) in [4.78, 5) is 2.54. The van der Waals surface area contributed by atoms with E-state index in [4.69, 9.17) is 4.42 Å². The van der Waals surface area contributed by atoms with Crippen molar-refractivity contribution >= 4 is 113 Å². The molecule has 2 aliphatic rings. The Morgan fingerprint density at radius 2 is 1.09 bits per heavy atom. The molecule has 0 bridgehead atoms. The Bertz CT molecular complexity index is 3770. The third-order valence-corrected chi connectivity index (χ3v) is 15.6. The van der Waals surface area contributed by atoms with Crippen LogP contribution >= 0.6 is 22.7 Å². The van der Waals surface area contributed by atoms with E-state index in [0.29, 0.717) is 0 Å². The van der Waals surface area contributed by atoms with Gasteiger partial charge in [-0.2, -0.15) is 0 Å². The van der Waals surface area contributed by atoms with E-state index >= 15 is 0 Å². The summed E-state index contributed by atoms with van der Waals surface area (Å²) in [6.45, 7) is 2.48. The zero-order valence-corrected chi connectivity index (χ0v) is 33.0. The summed E-state index contributed by atoms with van der Waals surface area (Å²) in [5, 5.41) is 10.1. The molecule has 2 nitrogen and oxygen atoms in total. The molecule has 0 spiro atoms. The van der Waals surface area contributed by atoms with Crippen LogP contribution in [0, 0.1) is 0 Å². The van der Waals surface area contributed by atoms with E-state index in [0.717, 1.165) is 11.2 Å². The van der Waals surface area contributed by atoms with Crippen molar-refractivity contribution in [3.63, 3.8) is 0 Å². The number of anilines is 3. The molecule has 4 heterocycles. The first-order valence-electron chi connectivity index (χ1n) is 19.9. The molecule has 0 amide bonds. The zero-order chi connectivity index (χ0) is 37.9. The first-order chi connectivity index (χ1) is 28.7. The fourth-order valence-corrected chi connectivity index (χ4v) is 13.4. The lowest BCUT2D eigenvalue weighted by atomic mass is 9.69. The van der Waals surface area contributed by atoms with Crippen LogP contribution in [0.4, 0.5) is 17.1 Å². The van der Waals surface area contributed by atoms with E-state index < -0.39 is 5.41 Å². The maximum absolute atomic E-state index is 7.29. The second-order valence-corrected chi connectivity index (χ2v) is 18.1. The molecule has 58 heavy (non-hydrogen) atoms. The number of fused-ring (bicyclic) bond motifs is 19. The summed E-state index contributed by atoms with van der Waals surface area (Å²) < 4.78 is 12.6. The van der Waals surface area contributed by atoms with Crippen molar-refractivity contribution < 1.29 is 4.42 Å². The van der Waals surface area contributed by atoms with Gasteiger partial charge in [-0.05, 0) is 81.9 Å². The number of para-hydroxylation sites is 1. The lowest BCUT2D eigenvalue weighted by Crippen LogP contribution is -2.32.